The number of rotatable bonds is 2. The van der Waals surface area contributed by atoms with E-state index in [1.165, 1.54) is 12.1 Å². The van der Waals surface area contributed by atoms with Crippen LogP contribution in [0.3, 0.4) is 0 Å². The number of allylic oxidation sites excluding steroid dienone is 4. The van der Waals surface area contributed by atoms with E-state index in [4.69, 9.17) is 0 Å². The lowest BCUT2D eigenvalue weighted by Crippen LogP contribution is -1.90. The molecule has 0 atom stereocenters. The van der Waals surface area contributed by atoms with Crippen LogP contribution in [0.1, 0.15) is 13.8 Å². The average Bonchev–Trinajstić information content (AvgIpc) is 2.68. The molecule has 0 aliphatic heterocycles. The molecule has 0 unspecified atom stereocenters. The number of fused-ring (bicyclic) bond motifs is 1. The van der Waals surface area contributed by atoms with Crippen molar-refractivity contribution < 1.29 is 4.39 Å². The Hall–Kier alpha value is -1.90. The molecule has 0 bridgehead atoms. The van der Waals surface area contributed by atoms with Gasteiger partial charge in [-0.2, -0.15) is 0 Å². The fraction of sp³-hybridized carbons (Fsp3) is 0.154. The van der Waals surface area contributed by atoms with Crippen molar-refractivity contribution >= 4 is 16.7 Å². The Kier molecular flexibility index (Phi) is 2.86. The highest BCUT2D eigenvalue weighted by atomic mass is 19.1. The highest BCUT2D eigenvalue weighted by Crippen LogP contribution is 2.17. The first-order valence-corrected chi connectivity index (χ1v) is 5.15. The van der Waals surface area contributed by atoms with Crippen molar-refractivity contribution in [3.05, 3.63) is 48.6 Å². The lowest BCUT2D eigenvalue weighted by Gasteiger charge is -2.02. The van der Waals surface area contributed by atoms with Crippen molar-refractivity contribution in [2.45, 2.75) is 13.8 Å². The van der Waals surface area contributed by atoms with Crippen LogP contribution >= 0.6 is 0 Å². The maximum Gasteiger partial charge on any atom is 0.125 e. The van der Waals surface area contributed by atoms with E-state index in [1.807, 2.05) is 36.6 Å². The Labute approximate surface area is 93.7 Å². The molecular weight excluding hydrogens is 203 g/mol. The van der Waals surface area contributed by atoms with Crippen molar-refractivity contribution in [3.63, 3.8) is 0 Å². The number of nitrogens with zero attached hydrogens (tertiary/aromatic N) is 2. The van der Waals surface area contributed by atoms with Crippen molar-refractivity contribution in [1.82, 2.24) is 9.55 Å². The number of hydrogen-bond donors (Lipinski definition) is 0. The second-order valence-corrected chi connectivity index (χ2v) is 3.58. The molecule has 0 radical (unpaired) electrons. The zero-order valence-electron chi connectivity index (χ0n) is 9.31. The van der Waals surface area contributed by atoms with Crippen LogP contribution in [0.25, 0.3) is 16.7 Å². The first kappa shape index (κ1) is 10.6. The average molecular weight is 216 g/mol. The van der Waals surface area contributed by atoms with Crippen LogP contribution in [0.5, 0.6) is 0 Å². The van der Waals surface area contributed by atoms with Gasteiger partial charge in [-0.1, -0.05) is 12.2 Å². The number of imidazole rings is 1. The summed E-state index contributed by atoms with van der Waals surface area (Å²) < 4.78 is 14.9. The van der Waals surface area contributed by atoms with Crippen molar-refractivity contribution in [3.8, 4) is 0 Å². The van der Waals surface area contributed by atoms with E-state index in [1.54, 1.807) is 12.4 Å². The van der Waals surface area contributed by atoms with Gasteiger partial charge in [-0.3, -0.25) is 0 Å². The summed E-state index contributed by atoms with van der Waals surface area (Å²) in [5, 5.41) is 0. The molecule has 3 heteroatoms. The van der Waals surface area contributed by atoms with E-state index in [-0.39, 0.29) is 5.82 Å². The molecule has 0 aliphatic carbocycles. The predicted molar refractivity (Wildman–Crippen MR) is 64.5 cm³/mol. The van der Waals surface area contributed by atoms with Crippen LogP contribution in [0, 0.1) is 5.82 Å². The molecule has 0 N–H and O–H groups in total. The van der Waals surface area contributed by atoms with Gasteiger partial charge in [-0.25, -0.2) is 9.37 Å². The van der Waals surface area contributed by atoms with Crippen molar-refractivity contribution in [1.29, 1.82) is 0 Å². The van der Waals surface area contributed by atoms with Crippen LogP contribution in [0.2, 0.25) is 0 Å². The van der Waals surface area contributed by atoms with Crippen LogP contribution in [-0.2, 0) is 0 Å². The molecule has 2 rings (SSSR count). The Balaban J connectivity index is 2.54. The van der Waals surface area contributed by atoms with E-state index in [0.29, 0.717) is 5.52 Å². The summed E-state index contributed by atoms with van der Waals surface area (Å²) in [4.78, 5) is 4.17. The zero-order chi connectivity index (χ0) is 11.5. The van der Waals surface area contributed by atoms with Gasteiger partial charge in [-0.15, -0.1) is 0 Å². The third-order valence-electron chi connectivity index (χ3n) is 2.42. The summed E-state index contributed by atoms with van der Waals surface area (Å²) in [6, 6.07) is 4.63. The minimum atomic E-state index is -0.257. The third kappa shape index (κ3) is 1.89. The minimum Gasteiger partial charge on any atom is -0.303 e. The smallest absolute Gasteiger partial charge is 0.125 e. The summed E-state index contributed by atoms with van der Waals surface area (Å²) in [6.45, 7) is 3.95. The zero-order valence-corrected chi connectivity index (χ0v) is 9.31. The normalized spacial score (nSPS) is 12.8. The predicted octanol–water partition coefficient (Wildman–Crippen LogP) is 3.61. The fourth-order valence-corrected chi connectivity index (χ4v) is 1.58. The van der Waals surface area contributed by atoms with Crippen molar-refractivity contribution in [2.24, 2.45) is 0 Å². The fourth-order valence-electron chi connectivity index (χ4n) is 1.58. The lowest BCUT2D eigenvalue weighted by molar-refractivity contribution is 0.629. The van der Waals surface area contributed by atoms with Gasteiger partial charge in [0.05, 0.1) is 11.0 Å². The number of benzene rings is 1. The quantitative estimate of drug-likeness (QED) is 0.701. The molecule has 82 valence electrons. The largest absolute Gasteiger partial charge is 0.303 e. The number of aromatic nitrogens is 2. The van der Waals surface area contributed by atoms with Gasteiger partial charge in [-0.05, 0) is 32.1 Å². The Morgan fingerprint density at radius 2 is 2.25 bits per heavy atom. The SMILES string of the molecule is C/C=C\C=C(/C)n1cnc2cc(F)ccc21. The molecule has 1 aromatic carbocycles. The molecule has 2 nitrogen and oxygen atoms in total. The second-order valence-electron chi connectivity index (χ2n) is 3.58. The van der Waals surface area contributed by atoms with Crippen molar-refractivity contribution in [2.75, 3.05) is 0 Å². The van der Waals surface area contributed by atoms with E-state index in [0.717, 1.165) is 11.2 Å². The van der Waals surface area contributed by atoms with E-state index >= 15 is 0 Å². The summed E-state index contributed by atoms with van der Waals surface area (Å²) in [5.74, 6) is -0.257. The van der Waals surface area contributed by atoms with Crippen LogP contribution in [0.15, 0.2) is 42.8 Å². The standard InChI is InChI=1S/C13H13FN2/c1-3-4-5-10(2)16-9-15-12-8-11(14)6-7-13(12)16/h3-9H,1-2H3/b4-3-,10-5+. The minimum absolute atomic E-state index is 0.257. The van der Waals surface area contributed by atoms with Crippen LogP contribution < -0.4 is 0 Å². The van der Waals surface area contributed by atoms with Gasteiger partial charge in [0.2, 0.25) is 0 Å². The molecule has 0 fully saturated rings. The molecular formula is C13H13FN2. The van der Waals surface area contributed by atoms with E-state index in [9.17, 15) is 4.39 Å². The Bertz CT molecular complexity index is 564. The molecule has 1 aromatic heterocycles. The van der Waals surface area contributed by atoms with E-state index in [2.05, 4.69) is 4.98 Å². The molecule has 0 spiro atoms. The Morgan fingerprint density at radius 3 is 3.00 bits per heavy atom. The maximum absolute atomic E-state index is 13.0. The number of halogens is 1. The summed E-state index contributed by atoms with van der Waals surface area (Å²) in [5.41, 5.74) is 2.64. The van der Waals surface area contributed by atoms with Crippen LogP contribution in [0.4, 0.5) is 4.39 Å². The lowest BCUT2D eigenvalue weighted by atomic mass is 10.3. The van der Waals surface area contributed by atoms with Crippen LogP contribution in [-0.4, -0.2) is 9.55 Å². The molecule has 0 saturated heterocycles. The molecule has 0 saturated carbocycles. The van der Waals surface area contributed by atoms with Gasteiger partial charge in [0.25, 0.3) is 0 Å². The van der Waals surface area contributed by atoms with Gasteiger partial charge in [0, 0.05) is 11.8 Å². The van der Waals surface area contributed by atoms with Gasteiger partial charge in [0.15, 0.2) is 0 Å². The van der Waals surface area contributed by atoms with Gasteiger partial charge < -0.3 is 4.57 Å². The maximum atomic E-state index is 13.0. The van der Waals surface area contributed by atoms with Gasteiger partial charge in [0.1, 0.15) is 12.1 Å². The Morgan fingerprint density at radius 1 is 1.44 bits per heavy atom. The molecule has 1 heterocycles. The van der Waals surface area contributed by atoms with Gasteiger partial charge >= 0.3 is 0 Å². The molecule has 2 aromatic rings. The highest BCUT2D eigenvalue weighted by molar-refractivity contribution is 5.79. The summed E-state index contributed by atoms with van der Waals surface area (Å²) in [6.07, 6.45) is 7.62. The topological polar surface area (TPSA) is 17.8 Å². The third-order valence-corrected chi connectivity index (χ3v) is 2.42. The highest BCUT2D eigenvalue weighted by Gasteiger charge is 2.03. The molecule has 16 heavy (non-hydrogen) atoms. The summed E-state index contributed by atoms with van der Waals surface area (Å²) in [7, 11) is 0. The first-order chi connectivity index (χ1) is 7.72. The summed E-state index contributed by atoms with van der Waals surface area (Å²) >= 11 is 0. The molecule has 0 aliphatic rings. The second kappa shape index (κ2) is 4.31. The number of hydrogen-bond acceptors (Lipinski definition) is 1. The molecule has 0 amide bonds. The monoisotopic (exact) mass is 216 g/mol. The van der Waals surface area contributed by atoms with E-state index < -0.39 is 0 Å². The first-order valence-electron chi connectivity index (χ1n) is 5.15.